The fraction of sp³-hybridized carbons (Fsp3) is 0.231. The van der Waals surface area contributed by atoms with Crippen LogP contribution in [0, 0.1) is 0 Å². The summed E-state index contributed by atoms with van der Waals surface area (Å²) in [6.45, 7) is 3.08. The Bertz CT molecular complexity index is 580. The minimum absolute atomic E-state index is 0.575. The number of hydrogen-bond acceptors (Lipinski definition) is 4. The number of aromatic nitrogens is 1. The van der Waals surface area contributed by atoms with Gasteiger partial charge in [-0.25, -0.2) is 0 Å². The first-order valence-corrected chi connectivity index (χ1v) is 6.52. The number of nitrogens with one attached hydrogen (secondary N) is 1. The quantitative estimate of drug-likeness (QED) is 0.836. The van der Waals surface area contributed by atoms with Crippen molar-refractivity contribution in [1.82, 2.24) is 4.98 Å². The summed E-state index contributed by atoms with van der Waals surface area (Å²) in [5.74, 6) is 0. The first-order valence-electron chi connectivity index (χ1n) is 5.64. The molecule has 1 aromatic carbocycles. The number of benzene rings is 1. The van der Waals surface area contributed by atoms with Crippen molar-refractivity contribution >= 4 is 33.5 Å². The molecule has 0 fully saturated rings. The Balaban J connectivity index is 1.86. The Morgan fingerprint density at radius 1 is 1.35 bits per heavy atom. The highest BCUT2D eigenvalue weighted by atomic mass is 32.2. The average molecular weight is 243 g/mol. The van der Waals surface area contributed by atoms with Crippen LogP contribution in [0.2, 0.25) is 0 Å². The molecule has 0 amide bonds. The Labute approximate surface area is 104 Å². The Kier molecular flexibility index (Phi) is 2.73. The molecule has 2 aromatic rings. The fourth-order valence-electron chi connectivity index (χ4n) is 1.81. The number of rotatable bonds is 1. The summed E-state index contributed by atoms with van der Waals surface area (Å²) in [4.78, 5) is 8.85. The maximum absolute atomic E-state index is 4.43. The average Bonchev–Trinajstić information content (AvgIpc) is 2.75. The van der Waals surface area contributed by atoms with Crippen LogP contribution in [0.3, 0.4) is 0 Å². The van der Waals surface area contributed by atoms with E-state index in [9.17, 15) is 0 Å². The van der Waals surface area contributed by atoms with Crippen LogP contribution in [0.15, 0.2) is 41.5 Å². The van der Waals surface area contributed by atoms with Crippen molar-refractivity contribution in [3.63, 3.8) is 0 Å². The van der Waals surface area contributed by atoms with Crippen LogP contribution in [0.25, 0.3) is 10.9 Å². The molecule has 1 unspecified atom stereocenters. The molecule has 0 radical (unpaired) electrons. The summed E-state index contributed by atoms with van der Waals surface area (Å²) in [6.07, 6.45) is 1.86. The van der Waals surface area contributed by atoms with Crippen LogP contribution in [0.4, 0.5) is 5.69 Å². The van der Waals surface area contributed by atoms with E-state index in [-0.39, 0.29) is 0 Å². The van der Waals surface area contributed by atoms with Crippen LogP contribution in [0.1, 0.15) is 6.92 Å². The standard InChI is InChI=1S/C13H13N3S/c1-9-7-15-13(17-9)16-11-6-10-4-2-3-5-12(10)14-8-11/h2-6,8-9H,7H2,1H3,(H,15,16). The molecule has 0 aliphatic carbocycles. The maximum Gasteiger partial charge on any atom is 0.161 e. The van der Waals surface area contributed by atoms with Gasteiger partial charge in [0.2, 0.25) is 0 Å². The summed E-state index contributed by atoms with van der Waals surface area (Å²) >= 11 is 1.78. The minimum Gasteiger partial charge on any atom is -0.334 e. The zero-order valence-corrected chi connectivity index (χ0v) is 10.4. The molecule has 1 atom stereocenters. The van der Waals surface area contributed by atoms with Gasteiger partial charge in [0.1, 0.15) is 0 Å². The molecule has 86 valence electrons. The van der Waals surface area contributed by atoms with E-state index in [1.54, 1.807) is 11.8 Å². The molecule has 4 heteroatoms. The molecule has 3 rings (SSSR count). The van der Waals surface area contributed by atoms with Crippen LogP contribution < -0.4 is 5.32 Å². The van der Waals surface area contributed by atoms with Gasteiger partial charge in [-0.1, -0.05) is 36.9 Å². The SMILES string of the molecule is CC1CN=C(Nc2cnc3ccccc3c2)S1. The normalized spacial score (nSPS) is 19.4. The van der Waals surface area contributed by atoms with Gasteiger partial charge >= 0.3 is 0 Å². The lowest BCUT2D eigenvalue weighted by molar-refractivity contribution is 0.976. The molecule has 0 bridgehead atoms. The lowest BCUT2D eigenvalue weighted by Gasteiger charge is -2.06. The van der Waals surface area contributed by atoms with E-state index in [1.807, 2.05) is 24.4 Å². The molecule has 2 heterocycles. The van der Waals surface area contributed by atoms with E-state index in [0.29, 0.717) is 5.25 Å². The predicted molar refractivity (Wildman–Crippen MR) is 74.7 cm³/mol. The highest BCUT2D eigenvalue weighted by molar-refractivity contribution is 8.15. The van der Waals surface area contributed by atoms with Gasteiger partial charge in [-0.05, 0) is 12.1 Å². The van der Waals surface area contributed by atoms with Gasteiger partial charge in [-0.2, -0.15) is 0 Å². The summed E-state index contributed by atoms with van der Waals surface area (Å²) in [5, 5.41) is 6.03. The highest BCUT2D eigenvalue weighted by Crippen LogP contribution is 2.23. The minimum atomic E-state index is 0.575. The Morgan fingerprint density at radius 2 is 2.24 bits per heavy atom. The number of fused-ring (bicyclic) bond motifs is 1. The lowest BCUT2D eigenvalue weighted by atomic mass is 10.2. The second-order valence-electron chi connectivity index (χ2n) is 4.12. The molecule has 17 heavy (non-hydrogen) atoms. The van der Waals surface area contributed by atoms with Gasteiger partial charge in [0, 0.05) is 10.6 Å². The van der Waals surface area contributed by atoms with E-state index in [1.165, 1.54) is 0 Å². The van der Waals surface area contributed by atoms with Crippen LogP contribution in [-0.4, -0.2) is 21.9 Å². The number of aliphatic imine (C=N–C) groups is 1. The third-order valence-electron chi connectivity index (χ3n) is 2.65. The largest absolute Gasteiger partial charge is 0.334 e. The number of amidine groups is 1. The molecule has 0 saturated heterocycles. The van der Waals surface area contributed by atoms with Crippen LogP contribution in [0.5, 0.6) is 0 Å². The zero-order chi connectivity index (χ0) is 11.7. The molecule has 1 N–H and O–H groups in total. The van der Waals surface area contributed by atoms with Gasteiger partial charge in [0.15, 0.2) is 5.17 Å². The maximum atomic E-state index is 4.43. The Morgan fingerprint density at radius 3 is 3.06 bits per heavy atom. The van der Waals surface area contributed by atoms with E-state index < -0.39 is 0 Å². The van der Waals surface area contributed by atoms with Crippen molar-refractivity contribution in [2.45, 2.75) is 12.2 Å². The van der Waals surface area contributed by atoms with Gasteiger partial charge in [-0.15, -0.1) is 0 Å². The Hall–Kier alpha value is -1.55. The number of hydrogen-bond donors (Lipinski definition) is 1. The first-order chi connectivity index (χ1) is 8.31. The first kappa shape index (κ1) is 10.6. The number of thioether (sulfide) groups is 1. The second kappa shape index (κ2) is 4.37. The van der Waals surface area contributed by atoms with E-state index in [2.05, 4.69) is 34.3 Å². The third kappa shape index (κ3) is 2.26. The topological polar surface area (TPSA) is 37.3 Å². The van der Waals surface area contributed by atoms with Crippen molar-refractivity contribution in [2.75, 3.05) is 11.9 Å². The van der Waals surface area contributed by atoms with Crippen molar-refractivity contribution in [3.8, 4) is 0 Å². The smallest absolute Gasteiger partial charge is 0.161 e. The molecule has 1 aromatic heterocycles. The van der Waals surface area contributed by atoms with Gasteiger partial charge in [0.05, 0.1) is 23.9 Å². The van der Waals surface area contributed by atoms with Gasteiger partial charge in [0.25, 0.3) is 0 Å². The molecule has 1 aliphatic heterocycles. The summed E-state index contributed by atoms with van der Waals surface area (Å²) in [7, 11) is 0. The lowest BCUT2D eigenvalue weighted by Crippen LogP contribution is -2.06. The van der Waals surface area contributed by atoms with Crippen molar-refractivity contribution in [3.05, 3.63) is 36.5 Å². The summed E-state index contributed by atoms with van der Waals surface area (Å²) < 4.78 is 0. The fourth-order valence-corrected chi connectivity index (χ4v) is 2.66. The molecular formula is C13H13N3S. The molecule has 0 saturated carbocycles. The monoisotopic (exact) mass is 243 g/mol. The number of nitrogens with zero attached hydrogens (tertiary/aromatic N) is 2. The number of para-hydroxylation sites is 1. The number of anilines is 1. The van der Waals surface area contributed by atoms with Gasteiger partial charge in [-0.3, -0.25) is 9.98 Å². The summed E-state index contributed by atoms with van der Waals surface area (Å²) in [6, 6.07) is 10.2. The van der Waals surface area contributed by atoms with Crippen LogP contribution in [-0.2, 0) is 0 Å². The number of pyridine rings is 1. The predicted octanol–water partition coefficient (Wildman–Crippen LogP) is 3.14. The highest BCUT2D eigenvalue weighted by Gasteiger charge is 2.14. The second-order valence-corrected chi connectivity index (χ2v) is 5.54. The van der Waals surface area contributed by atoms with Crippen molar-refractivity contribution in [1.29, 1.82) is 0 Å². The summed E-state index contributed by atoms with van der Waals surface area (Å²) in [5.41, 5.74) is 2.02. The van der Waals surface area contributed by atoms with E-state index in [0.717, 1.165) is 28.3 Å². The molecule has 0 spiro atoms. The van der Waals surface area contributed by atoms with Crippen molar-refractivity contribution in [2.24, 2.45) is 4.99 Å². The van der Waals surface area contributed by atoms with E-state index in [4.69, 9.17) is 0 Å². The molecule has 1 aliphatic rings. The molecular weight excluding hydrogens is 230 g/mol. The molecule has 3 nitrogen and oxygen atoms in total. The van der Waals surface area contributed by atoms with Gasteiger partial charge < -0.3 is 5.32 Å². The van der Waals surface area contributed by atoms with Crippen LogP contribution >= 0.6 is 11.8 Å². The third-order valence-corrected chi connectivity index (χ3v) is 3.65. The zero-order valence-electron chi connectivity index (χ0n) is 9.55. The van der Waals surface area contributed by atoms with E-state index >= 15 is 0 Å². The van der Waals surface area contributed by atoms with Crippen molar-refractivity contribution < 1.29 is 0 Å².